The zero-order valence-electron chi connectivity index (χ0n) is 17.1. The lowest BCUT2D eigenvalue weighted by Gasteiger charge is -2.39. The summed E-state index contributed by atoms with van der Waals surface area (Å²) >= 11 is 0. The van der Waals surface area contributed by atoms with Gasteiger partial charge in [0, 0.05) is 32.2 Å². The zero-order chi connectivity index (χ0) is 19.4. The van der Waals surface area contributed by atoms with Crippen LogP contribution in [0.3, 0.4) is 0 Å². The molecule has 150 valence electrons. The molecular formula is C19H32BN3O4. The van der Waals surface area contributed by atoms with Gasteiger partial charge in [0.25, 0.3) is 0 Å². The van der Waals surface area contributed by atoms with Gasteiger partial charge in [-0.1, -0.05) is 0 Å². The lowest BCUT2D eigenvalue weighted by atomic mass is 9.67. The van der Waals surface area contributed by atoms with Crippen molar-refractivity contribution in [1.82, 2.24) is 14.7 Å². The largest absolute Gasteiger partial charge is 0.461 e. The number of carbonyl (C=O) groups excluding carboxylic acids is 2. The Balaban J connectivity index is 1.28. The van der Waals surface area contributed by atoms with Gasteiger partial charge >= 0.3 is 13.1 Å². The lowest BCUT2D eigenvalue weighted by molar-refractivity contribution is -0.135. The smallest absolute Gasteiger partial charge is 0.403 e. The van der Waals surface area contributed by atoms with E-state index in [1.807, 2.05) is 9.80 Å². The Morgan fingerprint density at radius 3 is 2.04 bits per heavy atom. The van der Waals surface area contributed by atoms with E-state index in [4.69, 9.17) is 9.31 Å². The van der Waals surface area contributed by atoms with E-state index in [1.54, 1.807) is 4.90 Å². The number of piperazine rings is 1. The molecule has 3 saturated heterocycles. The average molecular weight is 377 g/mol. The number of likely N-dealkylation sites (tertiary alicyclic amines) is 1. The van der Waals surface area contributed by atoms with Crippen molar-refractivity contribution in [2.75, 3.05) is 32.7 Å². The van der Waals surface area contributed by atoms with Crippen LogP contribution in [0.25, 0.3) is 0 Å². The Morgan fingerprint density at radius 1 is 0.926 bits per heavy atom. The number of urea groups is 1. The molecule has 4 aliphatic rings. The van der Waals surface area contributed by atoms with Crippen LogP contribution in [-0.4, -0.2) is 83.7 Å². The summed E-state index contributed by atoms with van der Waals surface area (Å²) in [6.45, 7) is 11.3. The highest BCUT2D eigenvalue weighted by Gasteiger charge is 2.54. The summed E-state index contributed by atoms with van der Waals surface area (Å²) in [5, 5.41) is 0. The maximum atomic E-state index is 12.8. The quantitative estimate of drug-likeness (QED) is 0.691. The maximum Gasteiger partial charge on any atom is 0.461 e. The first-order chi connectivity index (χ1) is 12.7. The van der Waals surface area contributed by atoms with Gasteiger partial charge in [0.05, 0.1) is 11.2 Å². The first-order valence-corrected chi connectivity index (χ1v) is 10.4. The zero-order valence-corrected chi connectivity index (χ0v) is 17.1. The summed E-state index contributed by atoms with van der Waals surface area (Å²) in [5.74, 6) is 0.410. The van der Waals surface area contributed by atoms with Crippen molar-refractivity contribution in [2.45, 2.75) is 76.4 Å². The summed E-state index contributed by atoms with van der Waals surface area (Å²) < 4.78 is 12.4. The Bertz CT molecular complexity index is 598. The van der Waals surface area contributed by atoms with Crippen molar-refractivity contribution < 1.29 is 18.9 Å². The minimum Gasteiger partial charge on any atom is -0.403 e. The van der Waals surface area contributed by atoms with Crippen LogP contribution in [-0.2, 0) is 14.1 Å². The van der Waals surface area contributed by atoms with Crippen LogP contribution in [0.5, 0.6) is 0 Å². The second kappa shape index (κ2) is 6.66. The fourth-order valence-electron chi connectivity index (χ4n) is 4.27. The molecule has 27 heavy (non-hydrogen) atoms. The molecule has 4 rings (SSSR count). The van der Waals surface area contributed by atoms with Gasteiger partial charge in [0.15, 0.2) is 0 Å². The van der Waals surface area contributed by atoms with Gasteiger partial charge in [-0.2, -0.15) is 0 Å². The van der Waals surface area contributed by atoms with Crippen molar-refractivity contribution in [3.63, 3.8) is 0 Å². The molecule has 0 spiro atoms. The molecular weight excluding hydrogens is 345 g/mol. The maximum absolute atomic E-state index is 12.8. The molecule has 3 amide bonds. The molecule has 1 saturated carbocycles. The van der Waals surface area contributed by atoms with Gasteiger partial charge in [-0.05, 0) is 59.2 Å². The highest BCUT2D eigenvalue weighted by molar-refractivity contribution is 6.47. The Hall–Kier alpha value is -1.28. The molecule has 0 radical (unpaired) electrons. The van der Waals surface area contributed by atoms with Gasteiger partial charge in [-0.15, -0.1) is 0 Å². The van der Waals surface area contributed by atoms with Crippen molar-refractivity contribution in [3.8, 4) is 0 Å². The van der Waals surface area contributed by atoms with Crippen molar-refractivity contribution in [3.05, 3.63) is 0 Å². The van der Waals surface area contributed by atoms with Gasteiger partial charge in [-0.25, -0.2) is 4.79 Å². The molecule has 3 aliphatic heterocycles. The average Bonchev–Trinajstić information content (AvgIpc) is 3.41. The third-order valence-electron chi connectivity index (χ3n) is 6.98. The first-order valence-electron chi connectivity index (χ1n) is 10.4. The minimum absolute atomic E-state index is 0.00571. The van der Waals surface area contributed by atoms with Crippen LogP contribution in [0.2, 0.25) is 5.82 Å². The van der Waals surface area contributed by atoms with E-state index >= 15 is 0 Å². The monoisotopic (exact) mass is 377 g/mol. The predicted octanol–water partition coefficient (Wildman–Crippen LogP) is 1.97. The normalized spacial score (nSPS) is 28.8. The Labute approximate surface area is 162 Å². The summed E-state index contributed by atoms with van der Waals surface area (Å²) in [6, 6.07) is 0.441. The summed E-state index contributed by atoms with van der Waals surface area (Å²) in [5.41, 5.74) is -0.627. The number of hydrogen-bond donors (Lipinski definition) is 0. The van der Waals surface area contributed by atoms with Crippen LogP contribution in [0, 0.1) is 0 Å². The van der Waals surface area contributed by atoms with E-state index < -0.39 is 0 Å². The number of nitrogens with zero attached hydrogens (tertiary/aromatic N) is 3. The van der Waals surface area contributed by atoms with Gasteiger partial charge < -0.3 is 24.0 Å². The van der Waals surface area contributed by atoms with E-state index in [-0.39, 0.29) is 36.8 Å². The van der Waals surface area contributed by atoms with Crippen molar-refractivity contribution in [1.29, 1.82) is 0 Å². The van der Waals surface area contributed by atoms with E-state index in [0.29, 0.717) is 38.0 Å². The SMILES string of the molecule is CC1(C)OB(C2CCN(C(=O)N3CCN(C4CC4)C(=O)C3)CC2)OC1(C)C. The summed E-state index contributed by atoms with van der Waals surface area (Å²) in [6.07, 6.45) is 3.98. The second-order valence-electron chi connectivity index (χ2n) is 9.47. The van der Waals surface area contributed by atoms with E-state index in [1.165, 1.54) is 0 Å². The number of rotatable bonds is 2. The fourth-order valence-corrected chi connectivity index (χ4v) is 4.27. The number of amides is 3. The van der Waals surface area contributed by atoms with Crippen LogP contribution in [0.15, 0.2) is 0 Å². The van der Waals surface area contributed by atoms with Gasteiger partial charge in [0.2, 0.25) is 5.91 Å². The molecule has 0 N–H and O–H groups in total. The topological polar surface area (TPSA) is 62.3 Å². The summed E-state index contributed by atoms with van der Waals surface area (Å²) in [7, 11) is -0.198. The standard InChI is InChI=1S/C19H32BN3O4/c1-18(2)19(3,4)27-20(26-18)14-7-9-21(10-8-14)17(25)22-11-12-23(15-5-6-15)16(24)13-22/h14-15H,5-13H2,1-4H3. The second-order valence-corrected chi connectivity index (χ2v) is 9.47. The van der Waals surface area contributed by atoms with Gasteiger partial charge in [0.1, 0.15) is 6.54 Å². The molecule has 0 atom stereocenters. The highest BCUT2D eigenvalue weighted by atomic mass is 16.7. The Kier molecular flexibility index (Phi) is 4.70. The molecule has 0 unspecified atom stereocenters. The van der Waals surface area contributed by atoms with Crippen LogP contribution < -0.4 is 0 Å². The lowest BCUT2D eigenvalue weighted by Crippen LogP contribution is -2.56. The van der Waals surface area contributed by atoms with E-state index in [9.17, 15) is 9.59 Å². The molecule has 1 aliphatic carbocycles. The van der Waals surface area contributed by atoms with Crippen molar-refractivity contribution >= 4 is 19.1 Å². The predicted molar refractivity (Wildman–Crippen MR) is 102 cm³/mol. The third-order valence-corrected chi connectivity index (χ3v) is 6.98. The van der Waals surface area contributed by atoms with Gasteiger partial charge in [-0.3, -0.25) is 4.79 Å². The molecule has 4 fully saturated rings. The van der Waals surface area contributed by atoms with Crippen LogP contribution in [0.4, 0.5) is 4.79 Å². The fraction of sp³-hybridized carbons (Fsp3) is 0.895. The molecule has 0 aromatic heterocycles. The molecule has 0 aromatic rings. The number of piperidine rings is 1. The molecule has 3 heterocycles. The number of hydrogen-bond acceptors (Lipinski definition) is 4. The molecule has 0 aromatic carbocycles. The van der Waals surface area contributed by atoms with E-state index in [0.717, 1.165) is 25.7 Å². The van der Waals surface area contributed by atoms with Crippen LogP contribution in [0.1, 0.15) is 53.4 Å². The molecule has 7 nitrogen and oxygen atoms in total. The molecule has 8 heteroatoms. The molecule has 0 bridgehead atoms. The van der Waals surface area contributed by atoms with E-state index in [2.05, 4.69) is 27.7 Å². The summed E-state index contributed by atoms with van der Waals surface area (Å²) in [4.78, 5) is 30.7. The third kappa shape index (κ3) is 3.58. The van der Waals surface area contributed by atoms with Crippen LogP contribution >= 0.6 is 0 Å². The number of carbonyl (C=O) groups is 2. The Morgan fingerprint density at radius 2 is 1.52 bits per heavy atom. The first kappa shape index (κ1) is 19.1. The van der Waals surface area contributed by atoms with Crippen molar-refractivity contribution in [2.24, 2.45) is 0 Å². The minimum atomic E-state index is -0.313. The highest BCUT2D eigenvalue weighted by Crippen LogP contribution is 2.42.